The maximum absolute atomic E-state index is 12.0. The van der Waals surface area contributed by atoms with Crippen LogP contribution in [0.3, 0.4) is 0 Å². The van der Waals surface area contributed by atoms with E-state index in [0.29, 0.717) is 24.4 Å². The van der Waals surface area contributed by atoms with Crippen LogP contribution in [0.4, 0.5) is 0 Å². The molecule has 1 aromatic heterocycles. The summed E-state index contributed by atoms with van der Waals surface area (Å²) in [6.07, 6.45) is 2.34. The molecule has 1 atom stereocenters. The summed E-state index contributed by atoms with van der Waals surface area (Å²) < 4.78 is 5.09. The summed E-state index contributed by atoms with van der Waals surface area (Å²) in [5.74, 6) is -0.0997. The molecule has 1 aliphatic rings. The second kappa shape index (κ2) is 4.61. The number of nitrogens with zero attached hydrogens (tertiary/aromatic N) is 1. The summed E-state index contributed by atoms with van der Waals surface area (Å²) in [5.41, 5.74) is 0.540. The molecule has 1 saturated heterocycles. The average Bonchev–Trinajstić information content (AvgIpc) is 2.85. The van der Waals surface area contributed by atoms with Crippen LogP contribution in [0.1, 0.15) is 29.0 Å². The Morgan fingerprint density at radius 2 is 2.35 bits per heavy atom. The Morgan fingerprint density at radius 3 is 2.94 bits per heavy atom. The third-order valence-electron chi connectivity index (χ3n) is 3.01. The Bertz CT molecular complexity index is 437. The van der Waals surface area contributed by atoms with E-state index in [9.17, 15) is 9.59 Å². The van der Waals surface area contributed by atoms with Gasteiger partial charge in [-0.3, -0.25) is 9.59 Å². The number of aliphatic carboxylic acids is 1. The van der Waals surface area contributed by atoms with Crippen LogP contribution in [0.25, 0.3) is 0 Å². The Hall–Kier alpha value is -1.78. The molecule has 1 N–H and O–H groups in total. The van der Waals surface area contributed by atoms with Crippen LogP contribution in [0, 0.1) is 12.8 Å². The molecular weight excluding hydrogens is 222 g/mol. The second-order valence-electron chi connectivity index (χ2n) is 4.45. The van der Waals surface area contributed by atoms with Gasteiger partial charge in [0.15, 0.2) is 0 Å². The summed E-state index contributed by atoms with van der Waals surface area (Å²) >= 11 is 0. The van der Waals surface area contributed by atoms with Crippen molar-refractivity contribution in [3.8, 4) is 0 Å². The van der Waals surface area contributed by atoms with Crippen molar-refractivity contribution in [2.45, 2.75) is 19.8 Å². The SMILES string of the molecule is Cc1cc(C(=O)N2CCC(CC(=O)O)C2)co1. The van der Waals surface area contributed by atoms with E-state index in [-0.39, 0.29) is 18.2 Å². The van der Waals surface area contributed by atoms with Gasteiger partial charge in [-0.1, -0.05) is 0 Å². The van der Waals surface area contributed by atoms with Crippen molar-refractivity contribution in [1.29, 1.82) is 0 Å². The lowest BCUT2D eigenvalue weighted by atomic mass is 10.1. The molecule has 1 amide bonds. The molecule has 2 rings (SSSR count). The van der Waals surface area contributed by atoms with E-state index in [1.54, 1.807) is 17.9 Å². The number of hydrogen-bond acceptors (Lipinski definition) is 3. The zero-order valence-corrected chi connectivity index (χ0v) is 9.68. The summed E-state index contributed by atoms with van der Waals surface area (Å²) in [6.45, 7) is 2.93. The zero-order valence-electron chi connectivity index (χ0n) is 9.68. The van der Waals surface area contributed by atoms with Crippen molar-refractivity contribution in [3.63, 3.8) is 0 Å². The number of carbonyl (C=O) groups excluding carboxylic acids is 1. The first kappa shape index (κ1) is 11.7. The molecule has 1 fully saturated rings. The van der Waals surface area contributed by atoms with E-state index in [4.69, 9.17) is 9.52 Å². The monoisotopic (exact) mass is 237 g/mol. The minimum Gasteiger partial charge on any atom is -0.481 e. The fraction of sp³-hybridized carbons (Fsp3) is 0.500. The highest BCUT2D eigenvalue weighted by Gasteiger charge is 2.28. The number of rotatable bonds is 3. The van der Waals surface area contributed by atoms with Crippen LogP contribution in [0.2, 0.25) is 0 Å². The smallest absolute Gasteiger partial charge is 0.303 e. The second-order valence-corrected chi connectivity index (χ2v) is 4.45. The number of carboxylic acid groups (broad SMARTS) is 1. The van der Waals surface area contributed by atoms with E-state index >= 15 is 0 Å². The predicted octanol–water partition coefficient (Wildman–Crippen LogP) is 1.52. The largest absolute Gasteiger partial charge is 0.481 e. The third-order valence-corrected chi connectivity index (χ3v) is 3.01. The highest BCUT2D eigenvalue weighted by molar-refractivity contribution is 5.94. The van der Waals surface area contributed by atoms with Gasteiger partial charge in [0, 0.05) is 19.5 Å². The molecule has 0 aliphatic carbocycles. The highest BCUT2D eigenvalue weighted by Crippen LogP contribution is 2.22. The number of hydrogen-bond donors (Lipinski definition) is 1. The van der Waals surface area contributed by atoms with E-state index in [2.05, 4.69) is 0 Å². The number of carbonyl (C=O) groups is 2. The number of likely N-dealkylation sites (tertiary alicyclic amines) is 1. The van der Waals surface area contributed by atoms with Crippen LogP contribution in [-0.4, -0.2) is 35.0 Å². The number of aryl methyl sites for hydroxylation is 1. The molecule has 0 bridgehead atoms. The van der Waals surface area contributed by atoms with E-state index in [1.165, 1.54) is 6.26 Å². The fourth-order valence-corrected chi connectivity index (χ4v) is 2.17. The van der Waals surface area contributed by atoms with Crippen LogP contribution in [-0.2, 0) is 4.79 Å². The van der Waals surface area contributed by atoms with Crippen molar-refractivity contribution < 1.29 is 19.1 Å². The highest BCUT2D eigenvalue weighted by atomic mass is 16.4. The molecule has 1 unspecified atom stereocenters. The maximum atomic E-state index is 12.0. The molecule has 0 saturated carbocycles. The first-order valence-corrected chi connectivity index (χ1v) is 5.62. The molecule has 92 valence electrons. The molecule has 17 heavy (non-hydrogen) atoms. The van der Waals surface area contributed by atoms with Crippen molar-refractivity contribution in [2.75, 3.05) is 13.1 Å². The van der Waals surface area contributed by atoms with Gasteiger partial charge in [0.2, 0.25) is 0 Å². The van der Waals surface area contributed by atoms with Crippen molar-refractivity contribution in [2.24, 2.45) is 5.92 Å². The van der Waals surface area contributed by atoms with Gasteiger partial charge >= 0.3 is 5.97 Å². The van der Waals surface area contributed by atoms with E-state index in [0.717, 1.165) is 6.42 Å². The summed E-state index contributed by atoms with van der Waals surface area (Å²) in [6, 6.07) is 1.70. The first-order valence-electron chi connectivity index (χ1n) is 5.62. The number of amides is 1. The molecule has 1 aliphatic heterocycles. The van der Waals surface area contributed by atoms with Gasteiger partial charge in [-0.05, 0) is 25.3 Å². The van der Waals surface area contributed by atoms with Gasteiger partial charge in [0.1, 0.15) is 12.0 Å². The van der Waals surface area contributed by atoms with Crippen molar-refractivity contribution in [3.05, 3.63) is 23.7 Å². The Morgan fingerprint density at radius 1 is 1.59 bits per heavy atom. The average molecular weight is 237 g/mol. The lowest BCUT2D eigenvalue weighted by molar-refractivity contribution is -0.138. The van der Waals surface area contributed by atoms with Gasteiger partial charge in [0.25, 0.3) is 5.91 Å². The normalized spacial score (nSPS) is 19.6. The standard InChI is InChI=1S/C12H15NO4/c1-8-4-10(7-17-8)12(16)13-3-2-9(6-13)5-11(14)15/h4,7,9H,2-3,5-6H2,1H3,(H,14,15). The Balaban J connectivity index is 1.96. The lowest BCUT2D eigenvalue weighted by Gasteiger charge is -2.14. The van der Waals surface area contributed by atoms with Crippen LogP contribution in [0.15, 0.2) is 16.7 Å². The lowest BCUT2D eigenvalue weighted by Crippen LogP contribution is -2.28. The van der Waals surface area contributed by atoms with Crippen LogP contribution < -0.4 is 0 Å². The minimum atomic E-state index is -0.802. The molecule has 0 aromatic carbocycles. The van der Waals surface area contributed by atoms with Gasteiger partial charge in [-0.2, -0.15) is 0 Å². The summed E-state index contributed by atoms with van der Waals surface area (Å²) in [5, 5.41) is 8.70. The van der Waals surface area contributed by atoms with Gasteiger partial charge in [0.05, 0.1) is 5.56 Å². The first-order chi connectivity index (χ1) is 8.06. The third kappa shape index (κ3) is 2.67. The minimum absolute atomic E-state index is 0.0736. The van der Waals surface area contributed by atoms with E-state index in [1.807, 2.05) is 0 Å². The summed E-state index contributed by atoms with van der Waals surface area (Å²) in [7, 11) is 0. The Labute approximate surface area is 99.0 Å². The topological polar surface area (TPSA) is 70.8 Å². The number of furan rings is 1. The summed E-state index contributed by atoms with van der Waals surface area (Å²) in [4.78, 5) is 24.3. The molecule has 0 radical (unpaired) electrons. The van der Waals surface area contributed by atoms with Crippen LogP contribution in [0.5, 0.6) is 0 Å². The maximum Gasteiger partial charge on any atom is 0.303 e. The molecule has 5 heteroatoms. The van der Waals surface area contributed by atoms with Gasteiger partial charge in [-0.25, -0.2) is 0 Å². The predicted molar refractivity (Wildman–Crippen MR) is 59.7 cm³/mol. The molecule has 5 nitrogen and oxygen atoms in total. The van der Waals surface area contributed by atoms with Gasteiger partial charge < -0.3 is 14.4 Å². The quantitative estimate of drug-likeness (QED) is 0.865. The van der Waals surface area contributed by atoms with Crippen LogP contribution >= 0.6 is 0 Å². The van der Waals surface area contributed by atoms with Crippen molar-refractivity contribution >= 4 is 11.9 Å². The zero-order chi connectivity index (χ0) is 12.4. The molecule has 2 heterocycles. The molecule has 0 spiro atoms. The molecule has 1 aromatic rings. The fourth-order valence-electron chi connectivity index (χ4n) is 2.17. The van der Waals surface area contributed by atoms with E-state index < -0.39 is 5.97 Å². The molecular formula is C12H15NO4. The number of carboxylic acids is 1. The van der Waals surface area contributed by atoms with Crippen molar-refractivity contribution in [1.82, 2.24) is 4.90 Å². The Kier molecular flexibility index (Phi) is 3.17. The van der Waals surface area contributed by atoms with Gasteiger partial charge in [-0.15, -0.1) is 0 Å².